The SMILES string of the molecule is Cc1ccc(C2(CNC(C)C)CC(C(C)C)C2)cc1C. The minimum Gasteiger partial charge on any atom is -0.314 e. The van der Waals surface area contributed by atoms with E-state index in [2.05, 4.69) is 65.1 Å². The fourth-order valence-corrected chi connectivity index (χ4v) is 3.37. The van der Waals surface area contributed by atoms with E-state index >= 15 is 0 Å². The van der Waals surface area contributed by atoms with E-state index in [9.17, 15) is 0 Å². The van der Waals surface area contributed by atoms with Crippen molar-refractivity contribution in [2.24, 2.45) is 11.8 Å². The van der Waals surface area contributed by atoms with Gasteiger partial charge in [0.15, 0.2) is 0 Å². The molecule has 1 fully saturated rings. The molecule has 1 nitrogen and oxygen atoms in total. The van der Waals surface area contributed by atoms with Crippen LogP contribution in [0.5, 0.6) is 0 Å². The van der Waals surface area contributed by atoms with E-state index in [1.807, 2.05) is 0 Å². The van der Waals surface area contributed by atoms with Crippen molar-refractivity contribution in [3.05, 3.63) is 34.9 Å². The van der Waals surface area contributed by atoms with Crippen LogP contribution in [0.1, 0.15) is 57.2 Å². The van der Waals surface area contributed by atoms with Gasteiger partial charge in [-0.1, -0.05) is 45.9 Å². The highest BCUT2D eigenvalue weighted by molar-refractivity contribution is 5.37. The molecule has 0 aliphatic heterocycles. The lowest BCUT2D eigenvalue weighted by Gasteiger charge is -2.51. The summed E-state index contributed by atoms with van der Waals surface area (Å²) in [5.41, 5.74) is 4.75. The summed E-state index contributed by atoms with van der Waals surface area (Å²) < 4.78 is 0. The second-order valence-corrected chi connectivity index (χ2v) is 7.53. The molecule has 20 heavy (non-hydrogen) atoms. The van der Waals surface area contributed by atoms with E-state index in [0.717, 1.165) is 18.4 Å². The summed E-state index contributed by atoms with van der Waals surface area (Å²) in [6.45, 7) is 14.8. The van der Waals surface area contributed by atoms with E-state index < -0.39 is 0 Å². The molecule has 0 atom stereocenters. The van der Waals surface area contributed by atoms with Crippen molar-refractivity contribution in [1.29, 1.82) is 0 Å². The molecule has 0 bridgehead atoms. The second kappa shape index (κ2) is 5.89. The Bertz CT molecular complexity index is 447. The molecule has 1 aromatic carbocycles. The predicted octanol–water partition coefficient (Wildman–Crippen LogP) is 4.61. The third kappa shape index (κ3) is 3.09. The van der Waals surface area contributed by atoms with Crippen LogP contribution in [-0.4, -0.2) is 12.6 Å². The number of rotatable bonds is 5. The van der Waals surface area contributed by atoms with Crippen LogP contribution in [0.3, 0.4) is 0 Å². The zero-order valence-corrected chi connectivity index (χ0v) is 14.1. The van der Waals surface area contributed by atoms with Crippen molar-refractivity contribution < 1.29 is 0 Å². The fraction of sp³-hybridized carbons (Fsp3) is 0.684. The molecule has 1 heteroatoms. The zero-order chi connectivity index (χ0) is 14.9. The van der Waals surface area contributed by atoms with Crippen LogP contribution in [0.25, 0.3) is 0 Å². The Morgan fingerprint density at radius 3 is 2.25 bits per heavy atom. The molecule has 1 saturated carbocycles. The monoisotopic (exact) mass is 273 g/mol. The first-order valence-corrected chi connectivity index (χ1v) is 8.15. The molecule has 1 aliphatic rings. The Hall–Kier alpha value is -0.820. The van der Waals surface area contributed by atoms with Gasteiger partial charge in [0.05, 0.1) is 0 Å². The van der Waals surface area contributed by atoms with E-state index in [1.54, 1.807) is 5.56 Å². The summed E-state index contributed by atoms with van der Waals surface area (Å²) in [7, 11) is 0. The molecular weight excluding hydrogens is 242 g/mol. The molecule has 1 N–H and O–H groups in total. The maximum absolute atomic E-state index is 3.68. The summed E-state index contributed by atoms with van der Waals surface area (Å²) >= 11 is 0. The molecule has 0 amide bonds. The smallest absolute Gasteiger partial charge is 0.00834 e. The van der Waals surface area contributed by atoms with Gasteiger partial charge in [0.25, 0.3) is 0 Å². The minimum atomic E-state index is 0.373. The van der Waals surface area contributed by atoms with Crippen LogP contribution in [-0.2, 0) is 5.41 Å². The molecule has 0 unspecified atom stereocenters. The van der Waals surface area contributed by atoms with Gasteiger partial charge in [-0.15, -0.1) is 0 Å². The topological polar surface area (TPSA) is 12.0 Å². The van der Waals surface area contributed by atoms with Crippen LogP contribution in [0.4, 0.5) is 0 Å². The Kier molecular flexibility index (Phi) is 4.59. The average Bonchev–Trinajstić information content (AvgIpc) is 2.31. The van der Waals surface area contributed by atoms with Crippen LogP contribution < -0.4 is 5.32 Å². The third-order valence-corrected chi connectivity index (χ3v) is 5.22. The van der Waals surface area contributed by atoms with Crippen molar-refractivity contribution in [3.63, 3.8) is 0 Å². The van der Waals surface area contributed by atoms with Crippen LogP contribution >= 0.6 is 0 Å². The van der Waals surface area contributed by atoms with E-state index in [-0.39, 0.29) is 0 Å². The van der Waals surface area contributed by atoms with E-state index in [4.69, 9.17) is 0 Å². The van der Waals surface area contributed by atoms with E-state index in [0.29, 0.717) is 11.5 Å². The van der Waals surface area contributed by atoms with Crippen molar-refractivity contribution >= 4 is 0 Å². The van der Waals surface area contributed by atoms with Gasteiger partial charge in [-0.05, 0) is 55.2 Å². The van der Waals surface area contributed by atoms with Crippen molar-refractivity contribution in [2.75, 3.05) is 6.54 Å². The van der Waals surface area contributed by atoms with Gasteiger partial charge < -0.3 is 5.32 Å². The standard InChI is InChI=1S/C19H31N/c1-13(2)17-10-19(11-17,12-20-14(3)4)18-8-7-15(5)16(6)9-18/h7-9,13-14,17,20H,10-12H2,1-6H3. The van der Waals surface area contributed by atoms with Crippen LogP contribution in [0.15, 0.2) is 18.2 Å². The van der Waals surface area contributed by atoms with Gasteiger partial charge in [-0.2, -0.15) is 0 Å². The summed E-state index contributed by atoms with van der Waals surface area (Å²) in [6.07, 6.45) is 2.68. The molecule has 1 aliphatic carbocycles. The number of aryl methyl sites for hydroxylation is 2. The normalized spacial score (nSPS) is 26.1. The van der Waals surface area contributed by atoms with Gasteiger partial charge >= 0.3 is 0 Å². The minimum absolute atomic E-state index is 0.373. The molecule has 1 aromatic rings. The molecule has 0 saturated heterocycles. The first-order chi connectivity index (χ1) is 9.34. The van der Waals surface area contributed by atoms with E-state index in [1.165, 1.54) is 24.0 Å². The molecule has 112 valence electrons. The largest absolute Gasteiger partial charge is 0.314 e. The van der Waals surface area contributed by atoms with Crippen LogP contribution in [0.2, 0.25) is 0 Å². The number of benzene rings is 1. The maximum atomic E-state index is 3.68. The Morgan fingerprint density at radius 2 is 1.75 bits per heavy atom. The Labute approximate surface area is 125 Å². The van der Waals surface area contributed by atoms with Crippen molar-refractivity contribution in [3.8, 4) is 0 Å². The molecule has 0 heterocycles. The van der Waals surface area contributed by atoms with Gasteiger partial charge in [-0.3, -0.25) is 0 Å². The zero-order valence-electron chi connectivity index (χ0n) is 14.1. The lowest BCUT2D eigenvalue weighted by molar-refractivity contribution is 0.0958. The predicted molar refractivity (Wildman–Crippen MR) is 88.3 cm³/mol. The lowest BCUT2D eigenvalue weighted by Crippen LogP contribution is -2.51. The average molecular weight is 273 g/mol. The number of hydrogen-bond acceptors (Lipinski definition) is 1. The molecule has 0 spiro atoms. The second-order valence-electron chi connectivity index (χ2n) is 7.53. The Morgan fingerprint density at radius 1 is 1.10 bits per heavy atom. The van der Waals surface area contributed by atoms with Gasteiger partial charge in [0.2, 0.25) is 0 Å². The van der Waals surface area contributed by atoms with Crippen molar-refractivity contribution in [2.45, 2.75) is 65.8 Å². The van der Waals surface area contributed by atoms with Gasteiger partial charge in [0, 0.05) is 18.0 Å². The van der Waals surface area contributed by atoms with Crippen molar-refractivity contribution in [1.82, 2.24) is 5.32 Å². The first-order valence-electron chi connectivity index (χ1n) is 8.15. The molecule has 0 aromatic heterocycles. The number of hydrogen-bond donors (Lipinski definition) is 1. The quantitative estimate of drug-likeness (QED) is 0.826. The third-order valence-electron chi connectivity index (χ3n) is 5.22. The fourth-order valence-electron chi connectivity index (χ4n) is 3.37. The van der Waals surface area contributed by atoms with Gasteiger partial charge in [-0.25, -0.2) is 0 Å². The lowest BCUT2D eigenvalue weighted by atomic mass is 9.55. The summed E-state index contributed by atoms with van der Waals surface area (Å²) in [6, 6.07) is 7.65. The highest BCUT2D eigenvalue weighted by Crippen LogP contribution is 2.50. The summed E-state index contributed by atoms with van der Waals surface area (Å²) in [5, 5.41) is 3.68. The summed E-state index contributed by atoms with van der Waals surface area (Å²) in [5.74, 6) is 1.71. The number of nitrogens with one attached hydrogen (secondary N) is 1. The molecular formula is C19H31N. The Balaban J connectivity index is 2.21. The highest BCUT2D eigenvalue weighted by Gasteiger charge is 2.46. The van der Waals surface area contributed by atoms with Crippen LogP contribution in [0, 0.1) is 25.7 Å². The van der Waals surface area contributed by atoms with Gasteiger partial charge in [0.1, 0.15) is 0 Å². The maximum Gasteiger partial charge on any atom is 0.00834 e. The first kappa shape index (κ1) is 15.6. The molecule has 2 rings (SSSR count). The highest BCUT2D eigenvalue weighted by atomic mass is 14.9. The summed E-state index contributed by atoms with van der Waals surface area (Å²) in [4.78, 5) is 0. The molecule has 0 radical (unpaired) electrons.